The van der Waals surface area contributed by atoms with Crippen LogP contribution in [0.2, 0.25) is 0 Å². The van der Waals surface area contributed by atoms with Gasteiger partial charge in [0.1, 0.15) is 17.6 Å². The van der Waals surface area contributed by atoms with Crippen molar-refractivity contribution in [2.24, 2.45) is 5.73 Å². The molecular formula is C15H13NO5. The molecule has 0 spiro atoms. The maximum Gasteiger partial charge on any atom is 0.343 e. The highest BCUT2D eigenvalue weighted by molar-refractivity contribution is 6.13. The van der Waals surface area contributed by atoms with Crippen LogP contribution in [0.4, 0.5) is 0 Å². The molecule has 0 aliphatic carbocycles. The number of ketones is 1. The topological polar surface area (TPSA) is 87.9 Å². The summed E-state index contributed by atoms with van der Waals surface area (Å²) < 4.78 is 15.8. The van der Waals surface area contributed by atoms with E-state index in [1.165, 1.54) is 6.26 Å². The van der Waals surface area contributed by atoms with Gasteiger partial charge in [-0.25, -0.2) is 4.79 Å². The number of fused-ring (bicyclic) bond motifs is 2. The van der Waals surface area contributed by atoms with Crippen molar-refractivity contribution in [3.63, 3.8) is 0 Å². The Balaban J connectivity index is 2.05. The van der Waals surface area contributed by atoms with E-state index in [9.17, 15) is 9.59 Å². The van der Waals surface area contributed by atoms with Gasteiger partial charge in [0, 0.05) is 0 Å². The van der Waals surface area contributed by atoms with Crippen LogP contribution in [0.15, 0.2) is 47.6 Å². The number of hydrogen-bond donors (Lipinski definition) is 1. The third-order valence-corrected chi connectivity index (χ3v) is 3.26. The third kappa shape index (κ3) is 2.05. The number of benzene rings is 1. The molecule has 1 aromatic rings. The van der Waals surface area contributed by atoms with Crippen molar-refractivity contribution in [2.75, 3.05) is 6.61 Å². The summed E-state index contributed by atoms with van der Waals surface area (Å²) in [6.07, 6.45) is 0.321. The van der Waals surface area contributed by atoms with E-state index in [1.807, 2.05) is 0 Å². The summed E-state index contributed by atoms with van der Waals surface area (Å²) in [5, 5.41) is 0. The van der Waals surface area contributed by atoms with Gasteiger partial charge in [-0.2, -0.15) is 0 Å². The average Bonchev–Trinajstić information content (AvgIpc) is 2.47. The lowest BCUT2D eigenvalue weighted by Crippen LogP contribution is -2.39. The van der Waals surface area contributed by atoms with Crippen LogP contribution >= 0.6 is 0 Å². The van der Waals surface area contributed by atoms with Crippen LogP contribution in [0.25, 0.3) is 0 Å². The number of Topliss-reactive ketones (excluding diaryl/α,β-unsaturated/α-hetero) is 1. The zero-order chi connectivity index (χ0) is 15.0. The Morgan fingerprint density at radius 3 is 2.90 bits per heavy atom. The lowest BCUT2D eigenvalue weighted by atomic mass is 9.91. The predicted octanol–water partition coefficient (Wildman–Crippen LogP) is 1.28. The maximum atomic E-state index is 12.4. The first-order chi connectivity index (χ1) is 10.1. The van der Waals surface area contributed by atoms with E-state index in [-0.39, 0.29) is 29.4 Å². The first-order valence-corrected chi connectivity index (χ1v) is 6.47. The van der Waals surface area contributed by atoms with Gasteiger partial charge in [0.15, 0.2) is 11.9 Å². The van der Waals surface area contributed by atoms with E-state index < -0.39 is 12.1 Å². The Morgan fingerprint density at radius 2 is 2.14 bits per heavy atom. The maximum absolute atomic E-state index is 12.4. The quantitative estimate of drug-likeness (QED) is 0.824. The summed E-state index contributed by atoms with van der Waals surface area (Å²) in [5.74, 6) is -0.621. The number of ether oxygens (including phenoxy) is 3. The number of para-hydroxylation sites is 1. The molecule has 108 valence electrons. The molecule has 0 saturated carbocycles. The molecule has 6 heteroatoms. The molecule has 2 N–H and O–H groups in total. The molecule has 0 fully saturated rings. The van der Waals surface area contributed by atoms with E-state index in [0.29, 0.717) is 11.3 Å². The second kappa shape index (κ2) is 4.97. The van der Waals surface area contributed by atoms with E-state index in [0.717, 1.165) is 0 Å². The standard InChI is InChI=1S/C15H13NO5/c1-2-19-15(18)11-13-9(7-20-14(11)16)12(17)8-5-3-4-6-10(8)21-13/h3-7,13H,2,16H2,1H3. The van der Waals surface area contributed by atoms with Gasteiger partial charge in [-0.15, -0.1) is 0 Å². The number of esters is 1. The molecule has 2 aliphatic heterocycles. The number of rotatable bonds is 2. The van der Waals surface area contributed by atoms with Crippen LogP contribution in [0.5, 0.6) is 5.75 Å². The fraction of sp³-hybridized carbons (Fsp3) is 0.200. The Morgan fingerprint density at radius 1 is 1.38 bits per heavy atom. The first-order valence-electron chi connectivity index (χ1n) is 6.47. The van der Waals surface area contributed by atoms with Gasteiger partial charge in [0.05, 0.1) is 17.7 Å². The van der Waals surface area contributed by atoms with Gasteiger partial charge < -0.3 is 19.9 Å². The minimum atomic E-state index is -0.903. The summed E-state index contributed by atoms with van der Waals surface area (Å²) in [6.45, 7) is 1.86. The molecule has 2 aliphatic rings. The lowest BCUT2D eigenvalue weighted by molar-refractivity contribution is -0.139. The molecule has 0 saturated heterocycles. The van der Waals surface area contributed by atoms with Crippen molar-refractivity contribution in [1.82, 2.24) is 0 Å². The Kier molecular flexibility index (Phi) is 3.13. The Labute approximate surface area is 120 Å². The Hall–Kier alpha value is -2.76. The molecule has 21 heavy (non-hydrogen) atoms. The molecule has 1 unspecified atom stereocenters. The molecule has 1 aromatic carbocycles. The Bertz CT molecular complexity index is 689. The van der Waals surface area contributed by atoms with E-state index >= 15 is 0 Å². The highest BCUT2D eigenvalue weighted by Crippen LogP contribution is 2.36. The average molecular weight is 287 g/mol. The van der Waals surface area contributed by atoms with Crippen LogP contribution in [0, 0.1) is 0 Å². The SMILES string of the molecule is CCOC(=O)C1=C(N)OC=C2C(=O)c3ccccc3OC21. The van der Waals surface area contributed by atoms with Crippen molar-refractivity contribution in [1.29, 1.82) is 0 Å². The van der Waals surface area contributed by atoms with Crippen molar-refractivity contribution < 1.29 is 23.8 Å². The molecular weight excluding hydrogens is 274 g/mol. The van der Waals surface area contributed by atoms with Crippen molar-refractivity contribution in [3.05, 3.63) is 53.1 Å². The molecule has 1 atom stereocenters. The predicted molar refractivity (Wildman–Crippen MR) is 72.2 cm³/mol. The number of carbonyl (C=O) groups is 2. The molecule has 0 aromatic heterocycles. The summed E-state index contributed by atoms with van der Waals surface area (Å²) in [5.41, 5.74) is 6.37. The summed E-state index contributed by atoms with van der Waals surface area (Å²) >= 11 is 0. The smallest absolute Gasteiger partial charge is 0.343 e. The van der Waals surface area contributed by atoms with Gasteiger partial charge in [0.2, 0.25) is 5.88 Å². The van der Waals surface area contributed by atoms with Crippen LogP contribution in [-0.2, 0) is 14.3 Å². The largest absolute Gasteiger partial charge is 0.479 e. The first kappa shape index (κ1) is 13.2. The van der Waals surface area contributed by atoms with Gasteiger partial charge in [-0.3, -0.25) is 4.79 Å². The second-order valence-electron chi connectivity index (χ2n) is 4.51. The minimum absolute atomic E-state index is 0.0113. The van der Waals surface area contributed by atoms with E-state index in [4.69, 9.17) is 19.9 Å². The summed E-state index contributed by atoms with van der Waals surface area (Å²) in [4.78, 5) is 24.5. The fourth-order valence-corrected chi connectivity index (χ4v) is 2.29. The fourth-order valence-electron chi connectivity index (χ4n) is 2.29. The number of carbonyl (C=O) groups excluding carboxylic acids is 2. The van der Waals surface area contributed by atoms with Crippen LogP contribution in [0.1, 0.15) is 17.3 Å². The minimum Gasteiger partial charge on any atom is -0.479 e. The number of hydrogen-bond acceptors (Lipinski definition) is 6. The zero-order valence-corrected chi connectivity index (χ0v) is 11.3. The number of nitrogens with two attached hydrogens (primary N) is 1. The molecule has 2 heterocycles. The van der Waals surface area contributed by atoms with Gasteiger partial charge in [-0.1, -0.05) is 12.1 Å². The normalized spacial score (nSPS) is 19.8. The summed E-state index contributed by atoms with van der Waals surface area (Å²) in [6, 6.07) is 6.80. The summed E-state index contributed by atoms with van der Waals surface area (Å²) in [7, 11) is 0. The van der Waals surface area contributed by atoms with Gasteiger partial charge in [0.25, 0.3) is 0 Å². The molecule has 0 radical (unpaired) electrons. The molecule has 6 nitrogen and oxygen atoms in total. The third-order valence-electron chi connectivity index (χ3n) is 3.26. The highest BCUT2D eigenvalue weighted by Gasteiger charge is 2.41. The van der Waals surface area contributed by atoms with Gasteiger partial charge >= 0.3 is 5.97 Å². The van der Waals surface area contributed by atoms with Crippen LogP contribution < -0.4 is 10.5 Å². The van der Waals surface area contributed by atoms with Crippen LogP contribution in [0.3, 0.4) is 0 Å². The van der Waals surface area contributed by atoms with Crippen LogP contribution in [-0.4, -0.2) is 24.5 Å². The molecule has 0 amide bonds. The highest BCUT2D eigenvalue weighted by atomic mass is 16.5. The van der Waals surface area contributed by atoms with Crippen molar-refractivity contribution in [2.45, 2.75) is 13.0 Å². The van der Waals surface area contributed by atoms with Crippen molar-refractivity contribution >= 4 is 11.8 Å². The monoisotopic (exact) mass is 287 g/mol. The van der Waals surface area contributed by atoms with E-state index in [1.54, 1.807) is 31.2 Å². The van der Waals surface area contributed by atoms with E-state index in [2.05, 4.69) is 0 Å². The second-order valence-corrected chi connectivity index (χ2v) is 4.51. The molecule has 0 bridgehead atoms. The zero-order valence-electron chi connectivity index (χ0n) is 11.3. The van der Waals surface area contributed by atoms with Crippen molar-refractivity contribution in [3.8, 4) is 5.75 Å². The lowest BCUT2D eigenvalue weighted by Gasteiger charge is -2.31. The van der Waals surface area contributed by atoms with Gasteiger partial charge in [-0.05, 0) is 19.1 Å². The molecule has 3 rings (SSSR count).